The van der Waals surface area contributed by atoms with Crippen LogP contribution in [0.3, 0.4) is 0 Å². The van der Waals surface area contributed by atoms with E-state index in [9.17, 15) is 14.4 Å². The van der Waals surface area contributed by atoms with E-state index in [1.54, 1.807) is 50.6 Å². The van der Waals surface area contributed by atoms with Gasteiger partial charge in [0, 0.05) is 31.5 Å². The lowest BCUT2D eigenvalue weighted by Crippen LogP contribution is -2.43. The molecule has 2 aromatic carbocycles. The summed E-state index contributed by atoms with van der Waals surface area (Å²) in [6.07, 6.45) is 3.79. The van der Waals surface area contributed by atoms with Crippen LogP contribution in [-0.4, -0.2) is 63.1 Å². The molecular weight excluding hydrogens is 434 g/mol. The Morgan fingerprint density at radius 1 is 0.912 bits per heavy atom. The first-order chi connectivity index (χ1) is 16.5. The third kappa shape index (κ3) is 9.23. The van der Waals surface area contributed by atoms with E-state index >= 15 is 0 Å². The van der Waals surface area contributed by atoms with Crippen LogP contribution in [0.15, 0.2) is 48.5 Å². The number of benzene rings is 2. The topological polar surface area (TPSA) is 97.0 Å². The number of anilines is 1. The Bertz CT molecular complexity index is 913. The van der Waals surface area contributed by atoms with Crippen LogP contribution in [0.4, 0.5) is 5.69 Å². The zero-order chi connectivity index (χ0) is 24.8. The first-order valence-corrected chi connectivity index (χ1v) is 11.5. The number of amides is 3. The van der Waals surface area contributed by atoms with Gasteiger partial charge in [0.2, 0.25) is 11.8 Å². The fraction of sp³-hybridized carbons (Fsp3) is 0.423. The van der Waals surface area contributed by atoms with Gasteiger partial charge in [-0.05, 0) is 61.2 Å². The third-order valence-electron chi connectivity index (χ3n) is 5.24. The van der Waals surface area contributed by atoms with E-state index in [-0.39, 0.29) is 24.9 Å². The van der Waals surface area contributed by atoms with E-state index in [0.29, 0.717) is 36.6 Å². The average molecular weight is 470 g/mol. The van der Waals surface area contributed by atoms with Gasteiger partial charge in [-0.25, -0.2) is 0 Å². The number of aryl methyl sites for hydroxylation is 1. The van der Waals surface area contributed by atoms with Crippen molar-refractivity contribution < 1.29 is 23.9 Å². The minimum Gasteiger partial charge on any atom is -0.497 e. The lowest BCUT2D eigenvalue weighted by molar-refractivity contribution is -0.124. The van der Waals surface area contributed by atoms with E-state index in [0.717, 1.165) is 19.3 Å². The van der Waals surface area contributed by atoms with Crippen LogP contribution in [-0.2, 0) is 20.7 Å². The summed E-state index contributed by atoms with van der Waals surface area (Å²) in [6.45, 7) is 2.65. The summed E-state index contributed by atoms with van der Waals surface area (Å²) in [5.41, 5.74) is 2.31. The normalized spacial score (nSPS) is 10.4. The van der Waals surface area contributed by atoms with Crippen LogP contribution in [0.1, 0.15) is 42.1 Å². The van der Waals surface area contributed by atoms with Gasteiger partial charge in [-0.15, -0.1) is 0 Å². The molecule has 3 amide bonds. The molecule has 0 aliphatic heterocycles. The smallest absolute Gasteiger partial charge is 0.254 e. The maximum atomic E-state index is 13.0. The molecule has 0 radical (unpaired) electrons. The second-order valence-corrected chi connectivity index (χ2v) is 7.93. The van der Waals surface area contributed by atoms with Crippen molar-refractivity contribution in [2.24, 2.45) is 0 Å². The van der Waals surface area contributed by atoms with Crippen molar-refractivity contribution in [3.05, 3.63) is 59.7 Å². The number of hydrogen-bond acceptors (Lipinski definition) is 5. The second kappa shape index (κ2) is 14.7. The predicted octanol–water partition coefficient (Wildman–Crippen LogP) is 3.27. The Labute approximate surface area is 201 Å². The number of hydrogen-bond donors (Lipinski definition) is 2. The highest BCUT2D eigenvalue weighted by atomic mass is 16.5. The molecule has 0 aliphatic rings. The summed E-state index contributed by atoms with van der Waals surface area (Å²) in [5.74, 6) is -0.315. The molecule has 2 aromatic rings. The molecule has 0 aromatic heterocycles. The van der Waals surface area contributed by atoms with Gasteiger partial charge in [-0.3, -0.25) is 14.4 Å². The number of unbranched alkanes of at least 4 members (excludes halogenated alkanes) is 1. The SMILES string of the molecule is CCCCc1ccc(C(=O)N(CCCOC)CC(=O)NCC(=O)Nc2ccc(OC)cc2)cc1. The van der Waals surface area contributed by atoms with Crippen molar-refractivity contribution in [3.63, 3.8) is 0 Å². The predicted molar refractivity (Wildman–Crippen MR) is 132 cm³/mol. The van der Waals surface area contributed by atoms with E-state index in [1.807, 2.05) is 12.1 Å². The van der Waals surface area contributed by atoms with E-state index in [2.05, 4.69) is 17.6 Å². The highest BCUT2D eigenvalue weighted by molar-refractivity contribution is 5.98. The van der Waals surface area contributed by atoms with Gasteiger partial charge in [-0.2, -0.15) is 0 Å². The number of carbonyl (C=O) groups is 3. The second-order valence-electron chi connectivity index (χ2n) is 7.93. The van der Waals surface area contributed by atoms with Crippen molar-refractivity contribution in [2.45, 2.75) is 32.6 Å². The number of methoxy groups -OCH3 is 2. The van der Waals surface area contributed by atoms with Gasteiger partial charge >= 0.3 is 0 Å². The monoisotopic (exact) mass is 469 g/mol. The summed E-state index contributed by atoms with van der Waals surface area (Å²) in [5, 5.41) is 5.29. The molecule has 0 saturated carbocycles. The van der Waals surface area contributed by atoms with Gasteiger partial charge < -0.3 is 25.0 Å². The molecule has 2 rings (SSSR count). The first kappa shape index (κ1) is 26.9. The zero-order valence-electron chi connectivity index (χ0n) is 20.3. The van der Waals surface area contributed by atoms with Crippen LogP contribution in [0.25, 0.3) is 0 Å². The highest BCUT2D eigenvalue weighted by Crippen LogP contribution is 2.15. The minimum atomic E-state index is -0.407. The Morgan fingerprint density at radius 3 is 2.24 bits per heavy atom. The summed E-state index contributed by atoms with van der Waals surface area (Å²) < 4.78 is 10.2. The van der Waals surface area contributed by atoms with E-state index < -0.39 is 5.91 Å². The highest BCUT2D eigenvalue weighted by Gasteiger charge is 2.19. The molecule has 0 saturated heterocycles. The molecule has 0 bridgehead atoms. The number of carbonyl (C=O) groups excluding carboxylic acids is 3. The number of rotatable bonds is 14. The van der Waals surface area contributed by atoms with Gasteiger partial charge in [0.25, 0.3) is 5.91 Å². The fourth-order valence-electron chi connectivity index (χ4n) is 3.32. The van der Waals surface area contributed by atoms with Gasteiger partial charge in [0.15, 0.2) is 0 Å². The Morgan fingerprint density at radius 2 is 1.62 bits per heavy atom. The molecule has 0 fully saturated rings. The van der Waals surface area contributed by atoms with Crippen molar-refractivity contribution >= 4 is 23.4 Å². The summed E-state index contributed by atoms with van der Waals surface area (Å²) in [6, 6.07) is 14.4. The number of ether oxygens (including phenoxy) is 2. The molecule has 184 valence electrons. The summed E-state index contributed by atoms with van der Waals surface area (Å²) in [7, 11) is 3.16. The molecule has 0 aliphatic carbocycles. The maximum Gasteiger partial charge on any atom is 0.254 e. The van der Waals surface area contributed by atoms with Crippen molar-refractivity contribution in [1.82, 2.24) is 10.2 Å². The van der Waals surface area contributed by atoms with Crippen LogP contribution in [0.5, 0.6) is 5.75 Å². The maximum absolute atomic E-state index is 13.0. The molecule has 8 heteroatoms. The zero-order valence-corrected chi connectivity index (χ0v) is 20.3. The summed E-state index contributed by atoms with van der Waals surface area (Å²) >= 11 is 0. The Hall–Kier alpha value is -3.39. The van der Waals surface area contributed by atoms with E-state index in [4.69, 9.17) is 9.47 Å². The molecule has 2 N–H and O–H groups in total. The third-order valence-corrected chi connectivity index (χ3v) is 5.24. The van der Waals surface area contributed by atoms with E-state index in [1.165, 1.54) is 10.5 Å². The largest absolute Gasteiger partial charge is 0.497 e. The number of nitrogens with zero attached hydrogens (tertiary/aromatic N) is 1. The van der Waals surface area contributed by atoms with Crippen molar-refractivity contribution in [1.29, 1.82) is 0 Å². The van der Waals surface area contributed by atoms with Crippen molar-refractivity contribution in [3.8, 4) is 5.75 Å². The minimum absolute atomic E-state index is 0.143. The van der Waals surface area contributed by atoms with Crippen LogP contribution in [0.2, 0.25) is 0 Å². The van der Waals surface area contributed by atoms with Gasteiger partial charge in [0.05, 0.1) is 20.2 Å². The van der Waals surface area contributed by atoms with Crippen molar-refractivity contribution in [2.75, 3.05) is 45.8 Å². The Balaban J connectivity index is 1.91. The molecule has 0 unspecified atom stereocenters. The molecule has 0 atom stereocenters. The molecular formula is C26H35N3O5. The van der Waals surface area contributed by atoms with Gasteiger partial charge in [0.1, 0.15) is 5.75 Å². The lowest BCUT2D eigenvalue weighted by atomic mass is 10.1. The molecule has 0 heterocycles. The average Bonchev–Trinajstić information content (AvgIpc) is 2.86. The molecule has 34 heavy (non-hydrogen) atoms. The lowest BCUT2D eigenvalue weighted by Gasteiger charge is -2.22. The first-order valence-electron chi connectivity index (χ1n) is 11.5. The van der Waals surface area contributed by atoms with Crippen LogP contribution < -0.4 is 15.4 Å². The number of nitrogens with one attached hydrogen (secondary N) is 2. The molecule has 8 nitrogen and oxygen atoms in total. The van der Waals surface area contributed by atoms with Crippen LogP contribution >= 0.6 is 0 Å². The molecule has 0 spiro atoms. The van der Waals surface area contributed by atoms with Gasteiger partial charge in [-0.1, -0.05) is 25.5 Å². The Kier molecular flexibility index (Phi) is 11.6. The quantitative estimate of drug-likeness (QED) is 0.414. The summed E-state index contributed by atoms with van der Waals surface area (Å²) in [4.78, 5) is 39.2. The van der Waals surface area contributed by atoms with Crippen LogP contribution in [0, 0.1) is 0 Å². The standard InChI is InChI=1S/C26H35N3O5/c1-4-5-7-20-8-10-21(11-9-20)26(32)29(16-6-17-33-2)19-25(31)27-18-24(30)28-22-12-14-23(34-3)15-13-22/h8-15H,4-7,16-19H2,1-3H3,(H,27,31)(H,28,30). The fourth-order valence-corrected chi connectivity index (χ4v) is 3.32.